The predicted molar refractivity (Wildman–Crippen MR) is 51.3 cm³/mol. The van der Waals surface area contributed by atoms with Crippen LogP contribution in [-0.4, -0.2) is 25.3 Å². The van der Waals surface area contributed by atoms with Crippen molar-refractivity contribution in [1.29, 1.82) is 0 Å². The lowest BCUT2D eigenvalue weighted by molar-refractivity contribution is 0.0755. The largest absolute Gasteiger partial charge is 0.377 e. The maximum Gasteiger partial charge on any atom is 0.0714 e. The summed E-state index contributed by atoms with van der Waals surface area (Å²) in [6.07, 6.45) is 5.67. The molecule has 1 rings (SSSR count). The van der Waals surface area contributed by atoms with Crippen LogP contribution in [0.25, 0.3) is 0 Å². The quantitative estimate of drug-likeness (QED) is 0.682. The van der Waals surface area contributed by atoms with E-state index >= 15 is 0 Å². The van der Waals surface area contributed by atoms with Gasteiger partial charge in [0.15, 0.2) is 0 Å². The van der Waals surface area contributed by atoms with E-state index in [1.165, 1.54) is 25.7 Å². The van der Waals surface area contributed by atoms with Gasteiger partial charge >= 0.3 is 0 Å². The Hall–Kier alpha value is -0.0800. The minimum atomic E-state index is 0.483. The second-order valence-corrected chi connectivity index (χ2v) is 3.56. The van der Waals surface area contributed by atoms with Gasteiger partial charge in [0.05, 0.1) is 6.10 Å². The van der Waals surface area contributed by atoms with Crippen LogP contribution >= 0.6 is 0 Å². The molecule has 0 saturated carbocycles. The molecule has 0 amide bonds. The molecule has 1 N–H and O–H groups in total. The summed E-state index contributed by atoms with van der Waals surface area (Å²) in [5.41, 5.74) is 0. The molecule has 1 aliphatic heterocycles. The molecule has 1 saturated heterocycles. The number of nitrogens with one attached hydrogen (secondary N) is 1. The van der Waals surface area contributed by atoms with Gasteiger partial charge in [-0.2, -0.15) is 0 Å². The van der Waals surface area contributed by atoms with Gasteiger partial charge in [-0.25, -0.2) is 0 Å². The van der Waals surface area contributed by atoms with Crippen molar-refractivity contribution in [2.45, 2.75) is 51.7 Å². The standard InChI is InChI=1S/C10H21NO/c1-3-5-6-9-7-10(8-11-9)12-4-2/h9-11H,3-8H2,1-2H3/t9-,10+/m0/s1. The van der Waals surface area contributed by atoms with Crippen LogP contribution < -0.4 is 5.32 Å². The average Bonchev–Trinajstić information content (AvgIpc) is 2.50. The van der Waals surface area contributed by atoms with E-state index in [1.807, 2.05) is 0 Å². The summed E-state index contributed by atoms with van der Waals surface area (Å²) in [5.74, 6) is 0. The fraction of sp³-hybridized carbons (Fsp3) is 1.00. The Morgan fingerprint density at radius 3 is 2.92 bits per heavy atom. The maximum absolute atomic E-state index is 5.55. The minimum Gasteiger partial charge on any atom is -0.377 e. The number of hydrogen-bond donors (Lipinski definition) is 1. The van der Waals surface area contributed by atoms with Crippen LogP contribution in [0.3, 0.4) is 0 Å². The molecule has 2 atom stereocenters. The Morgan fingerprint density at radius 2 is 2.25 bits per heavy atom. The van der Waals surface area contributed by atoms with Crippen LogP contribution in [0.1, 0.15) is 39.5 Å². The van der Waals surface area contributed by atoms with Crippen LogP contribution in [0, 0.1) is 0 Å². The Morgan fingerprint density at radius 1 is 1.42 bits per heavy atom. The van der Waals surface area contributed by atoms with Gasteiger partial charge in [-0.15, -0.1) is 0 Å². The third-order valence-electron chi connectivity index (χ3n) is 2.49. The van der Waals surface area contributed by atoms with E-state index in [2.05, 4.69) is 19.2 Å². The van der Waals surface area contributed by atoms with Gasteiger partial charge in [0.1, 0.15) is 0 Å². The monoisotopic (exact) mass is 171 g/mol. The molecule has 0 unspecified atom stereocenters. The van der Waals surface area contributed by atoms with Crippen molar-refractivity contribution < 1.29 is 4.74 Å². The Bertz CT molecular complexity index is 116. The van der Waals surface area contributed by atoms with Gasteiger partial charge in [0.2, 0.25) is 0 Å². The molecule has 1 fully saturated rings. The topological polar surface area (TPSA) is 21.3 Å². The normalized spacial score (nSPS) is 29.5. The van der Waals surface area contributed by atoms with E-state index in [0.29, 0.717) is 6.10 Å². The van der Waals surface area contributed by atoms with Crippen molar-refractivity contribution in [1.82, 2.24) is 5.32 Å². The molecular formula is C10H21NO. The summed E-state index contributed by atoms with van der Waals surface area (Å²) in [7, 11) is 0. The van der Waals surface area contributed by atoms with Crippen molar-refractivity contribution in [3.63, 3.8) is 0 Å². The smallest absolute Gasteiger partial charge is 0.0714 e. The van der Waals surface area contributed by atoms with E-state index in [0.717, 1.165) is 19.2 Å². The van der Waals surface area contributed by atoms with Gasteiger partial charge in [-0.1, -0.05) is 19.8 Å². The van der Waals surface area contributed by atoms with Gasteiger partial charge in [0.25, 0.3) is 0 Å². The highest BCUT2D eigenvalue weighted by molar-refractivity contribution is 4.81. The summed E-state index contributed by atoms with van der Waals surface area (Å²) in [5, 5.41) is 3.50. The van der Waals surface area contributed by atoms with Crippen LogP contribution in [0.15, 0.2) is 0 Å². The molecule has 72 valence electrons. The zero-order chi connectivity index (χ0) is 8.81. The molecule has 0 aromatic carbocycles. The molecule has 0 aromatic rings. The highest BCUT2D eigenvalue weighted by Gasteiger charge is 2.23. The molecule has 0 aromatic heterocycles. The highest BCUT2D eigenvalue weighted by Crippen LogP contribution is 2.15. The maximum atomic E-state index is 5.55. The Kier molecular flexibility index (Phi) is 4.62. The summed E-state index contributed by atoms with van der Waals surface area (Å²) in [6.45, 7) is 6.23. The van der Waals surface area contributed by atoms with E-state index in [1.54, 1.807) is 0 Å². The second kappa shape index (κ2) is 5.55. The molecule has 1 heterocycles. The molecular weight excluding hydrogens is 150 g/mol. The van der Waals surface area contributed by atoms with Crippen molar-refractivity contribution >= 4 is 0 Å². The molecule has 0 spiro atoms. The highest BCUT2D eigenvalue weighted by atomic mass is 16.5. The van der Waals surface area contributed by atoms with Crippen molar-refractivity contribution in [3.8, 4) is 0 Å². The average molecular weight is 171 g/mol. The SMILES string of the molecule is CCCC[C@H]1C[C@@H](OCC)CN1. The second-order valence-electron chi connectivity index (χ2n) is 3.56. The van der Waals surface area contributed by atoms with E-state index in [-0.39, 0.29) is 0 Å². The Balaban J connectivity index is 2.08. The molecule has 1 aliphatic rings. The number of unbranched alkanes of at least 4 members (excludes halogenated alkanes) is 1. The number of hydrogen-bond acceptors (Lipinski definition) is 2. The lowest BCUT2D eigenvalue weighted by Gasteiger charge is -2.09. The molecule has 0 aliphatic carbocycles. The fourth-order valence-electron chi connectivity index (χ4n) is 1.82. The number of ether oxygens (including phenoxy) is 1. The first-order valence-electron chi connectivity index (χ1n) is 5.21. The van der Waals surface area contributed by atoms with E-state index in [9.17, 15) is 0 Å². The van der Waals surface area contributed by atoms with Crippen LogP contribution in [0.4, 0.5) is 0 Å². The lowest BCUT2D eigenvalue weighted by atomic mass is 10.1. The first-order chi connectivity index (χ1) is 5.86. The fourth-order valence-corrected chi connectivity index (χ4v) is 1.82. The third kappa shape index (κ3) is 3.11. The molecule has 2 nitrogen and oxygen atoms in total. The van der Waals surface area contributed by atoms with Crippen molar-refractivity contribution in [3.05, 3.63) is 0 Å². The predicted octanol–water partition coefficient (Wildman–Crippen LogP) is 1.94. The van der Waals surface area contributed by atoms with E-state index in [4.69, 9.17) is 4.74 Å². The molecule has 12 heavy (non-hydrogen) atoms. The van der Waals surface area contributed by atoms with Gasteiger partial charge in [-0.05, 0) is 19.8 Å². The van der Waals surface area contributed by atoms with Crippen molar-refractivity contribution in [2.24, 2.45) is 0 Å². The molecule has 0 bridgehead atoms. The van der Waals surface area contributed by atoms with E-state index < -0.39 is 0 Å². The van der Waals surface area contributed by atoms with Crippen LogP contribution in [0.5, 0.6) is 0 Å². The van der Waals surface area contributed by atoms with Crippen molar-refractivity contribution in [2.75, 3.05) is 13.2 Å². The van der Waals surface area contributed by atoms with Crippen LogP contribution in [-0.2, 0) is 4.74 Å². The summed E-state index contributed by atoms with van der Waals surface area (Å²) in [4.78, 5) is 0. The van der Waals surface area contributed by atoms with Gasteiger partial charge in [0, 0.05) is 19.2 Å². The minimum absolute atomic E-state index is 0.483. The summed E-state index contributed by atoms with van der Waals surface area (Å²) < 4.78 is 5.55. The number of rotatable bonds is 5. The van der Waals surface area contributed by atoms with Gasteiger partial charge in [-0.3, -0.25) is 0 Å². The lowest BCUT2D eigenvalue weighted by Crippen LogP contribution is -2.21. The van der Waals surface area contributed by atoms with Crippen LogP contribution in [0.2, 0.25) is 0 Å². The van der Waals surface area contributed by atoms with Gasteiger partial charge < -0.3 is 10.1 Å². The third-order valence-corrected chi connectivity index (χ3v) is 2.49. The summed E-state index contributed by atoms with van der Waals surface area (Å²) >= 11 is 0. The zero-order valence-electron chi connectivity index (χ0n) is 8.31. The first kappa shape index (κ1) is 10.0. The first-order valence-corrected chi connectivity index (χ1v) is 5.21. The zero-order valence-corrected chi connectivity index (χ0v) is 8.31. The Labute approximate surface area is 75.7 Å². The summed E-state index contributed by atoms with van der Waals surface area (Å²) in [6, 6.07) is 0.724. The molecule has 0 radical (unpaired) electrons. The molecule has 2 heteroatoms.